The normalized spacial score (nSPS) is 10.6. The Kier molecular flexibility index (Phi) is 3.86. The van der Waals surface area contributed by atoms with Crippen molar-refractivity contribution in [2.24, 2.45) is 0 Å². The molecule has 0 saturated carbocycles. The number of para-hydroxylation sites is 1. The van der Waals surface area contributed by atoms with E-state index < -0.39 is 0 Å². The standard InChI is InChI=1S/C15H9BrClN3O/c16-11-8-9(17)4-5-12(11)20-15(21)10-2-1-3-13-14(10)19-7-6-18-13/h1-8H,(H,20,21). The molecular weight excluding hydrogens is 354 g/mol. The molecule has 6 heteroatoms. The van der Waals surface area contributed by atoms with Gasteiger partial charge in [0.2, 0.25) is 0 Å². The summed E-state index contributed by atoms with van der Waals surface area (Å²) < 4.78 is 0.717. The number of rotatable bonds is 2. The Hall–Kier alpha value is -1.98. The smallest absolute Gasteiger partial charge is 0.257 e. The van der Waals surface area contributed by atoms with Crippen molar-refractivity contribution in [1.82, 2.24) is 9.97 Å². The Morgan fingerprint density at radius 3 is 2.76 bits per heavy atom. The summed E-state index contributed by atoms with van der Waals surface area (Å²) in [7, 11) is 0. The van der Waals surface area contributed by atoms with Gasteiger partial charge in [-0.1, -0.05) is 17.7 Å². The maximum absolute atomic E-state index is 12.4. The molecular formula is C15H9BrClN3O. The number of nitrogens with zero attached hydrogens (tertiary/aromatic N) is 2. The van der Waals surface area contributed by atoms with Gasteiger partial charge in [-0.15, -0.1) is 0 Å². The van der Waals surface area contributed by atoms with Gasteiger partial charge >= 0.3 is 0 Å². The number of aromatic nitrogens is 2. The van der Waals surface area contributed by atoms with E-state index in [2.05, 4.69) is 31.2 Å². The third kappa shape index (κ3) is 2.89. The Bertz CT molecular complexity index is 833. The lowest BCUT2D eigenvalue weighted by Gasteiger charge is -2.09. The zero-order chi connectivity index (χ0) is 14.8. The van der Waals surface area contributed by atoms with Crippen molar-refractivity contribution in [3.8, 4) is 0 Å². The number of anilines is 1. The van der Waals surface area contributed by atoms with Gasteiger partial charge < -0.3 is 5.32 Å². The van der Waals surface area contributed by atoms with Crippen molar-refractivity contribution >= 4 is 50.2 Å². The fourth-order valence-corrected chi connectivity index (χ4v) is 2.74. The molecule has 3 rings (SSSR count). The van der Waals surface area contributed by atoms with E-state index in [0.717, 1.165) is 4.47 Å². The van der Waals surface area contributed by atoms with E-state index in [1.165, 1.54) is 0 Å². The lowest BCUT2D eigenvalue weighted by Crippen LogP contribution is -2.13. The lowest BCUT2D eigenvalue weighted by atomic mass is 10.1. The Labute approximate surface area is 134 Å². The van der Waals surface area contributed by atoms with Gasteiger partial charge in [0.05, 0.1) is 16.8 Å². The summed E-state index contributed by atoms with van der Waals surface area (Å²) in [5.74, 6) is -0.246. The number of hydrogen-bond donors (Lipinski definition) is 1. The van der Waals surface area contributed by atoms with Crippen LogP contribution in [0.4, 0.5) is 5.69 Å². The fraction of sp³-hybridized carbons (Fsp3) is 0. The molecule has 0 radical (unpaired) electrons. The first-order valence-corrected chi connectivity index (χ1v) is 7.28. The number of nitrogens with one attached hydrogen (secondary N) is 1. The quantitative estimate of drug-likeness (QED) is 0.739. The number of carbonyl (C=O) groups is 1. The van der Waals surface area contributed by atoms with Crippen LogP contribution in [0.5, 0.6) is 0 Å². The number of carbonyl (C=O) groups excluding carboxylic acids is 1. The predicted octanol–water partition coefficient (Wildman–Crippen LogP) is 4.30. The molecule has 21 heavy (non-hydrogen) atoms. The molecule has 0 spiro atoms. The van der Waals surface area contributed by atoms with Crippen LogP contribution in [0.2, 0.25) is 5.02 Å². The summed E-state index contributed by atoms with van der Waals surface area (Å²) in [6.45, 7) is 0. The molecule has 0 unspecified atom stereocenters. The molecule has 0 aliphatic carbocycles. The highest BCUT2D eigenvalue weighted by Crippen LogP contribution is 2.26. The number of hydrogen-bond acceptors (Lipinski definition) is 3. The number of benzene rings is 2. The molecule has 1 amide bonds. The molecule has 0 fully saturated rings. The first kappa shape index (κ1) is 14.0. The van der Waals surface area contributed by atoms with E-state index >= 15 is 0 Å². The topological polar surface area (TPSA) is 54.9 Å². The third-order valence-electron chi connectivity index (χ3n) is 2.92. The van der Waals surface area contributed by atoms with Gasteiger partial charge in [0.25, 0.3) is 5.91 Å². The zero-order valence-corrected chi connectivity index (χ0v) is 13.0. The van der Waals surface area contributed by atoms with Gasteiger partial charge in [-0.05, 0) is 46.3 Å². The molecule has 4 nitrogen and oxygen atoms in total. The van der Waals surface area contributed by atoms with E-state index in [1.54, 1.807) is 42.7 Å². The highest BCUT2D eigenvalue weighted by Gasteiger charge is 2.13. The van der Waals surface area contributed by atoms with Crippen molar-refractivity contribution in [2.45, 2.75) is 0 Å². The van der Waals surface area contributed by atoms with E-state index in [0.29, 0.717) is 27.3 Å². The van der Waals surface area contributed by atoms with Crippen LogP contribution in [0.3, 0.4) is 0 Å². The second kappa shape index (κ2) is 5.79. The molecule has 0 aliphatic rings. The lowest BCUT2D eigenvalue weighted by molar-refractivity contribution is 0.102. The summed E-state index contributed by atoms with van der Waals surface area (Å²) in [4.78, 5) is 20.8. The summed E-state index contributed by atoms with van der Waals surface area (Å²) >= 11 is 9.26. The molecule has 1 heterocycles. The van der Waals surface area contributed by atoms with Crippen molar-refractivity contribution in [1.29, 1.82) is 0 Å². The summed E-state index contributed by atoms with van der Waals surface area (Å²) in [6.07, 6.45) is 3.16. The Balaban J connectivity index is 1.97. The molecule has 1 N–H and O–H groups in total. The van der Waals surface area contributed by atoms with Gasteiger partial charge in [0.1, 0.15) is 5.52 Å². The predicted molar refractivity (Wildman–Crippen MR) is 86.6 cm³/mol. The molecule has 104 valence electrons. The van der Waals surface area contributed by atoms with Gasteiger partial charge in [-0.25, -0.2) is 0 Å². The maximum atomic E-state index is 12.4. The average Bonchev–Trinajstić information content (AvgIpc) is 2.49. The van der Waals surface area contributed by atoms with Crippen LogP contribution in [-0.2, 0) is 0 Å². The molecule has 0 aliphatic heterocycles. The van der Waals surface area contributed by atoms with Crippen LogP contribution in [0.25, 0.3) is 11.0 Å². The van der Waals surface area contributed by atoms with Gasteiger partial charge in [0.15, 0.2) is 0 Å². The number of amides is 1. The van der Waals surface area contributed by atoms with Gasteiger partial charge in [-0.2, -0.15) is 0 Å². The number of fused-ring (bicyclic) bond motifs is 1. The van der Waals surface area contributed by atoms with Crippen molar-refractivity contribution < 1.29 is 4.79 Å². The minimum absolute atomic E-state index is 0.246. The van der Waals surface area contributed by atoms with Crippen molar-refractivity contribution in [3.05, 3.63) is 63.9 Å². The average molecular weight is 363 g/mol. The Morgan fingerprint density at radius 1 is 1.14 bits per heavy atom. The molecule has 0 atom stereocenters. The second-order valence-electron chi connectivity index (χ2n) is 4.31. The molecule has 0 bridgehead atoms. The van der Waals surface area contributed by atoms with E-state index in [1.807, 2.05) is 6.07 Å². The van der Waals surface area contributed by atoms with E-state index in [4.69, 9.17) is 11.6 Å². The second-order valence-corrected chi connectivity index (χ2v) is 5.60. The first-order chi connectivity index (χ1) is 10.1. The Morgan fingerprint density at radius 2 is 1.95 bits per heavy atom. The van der Waals surface area contributed by atoms with E-state index in [9.17, 15) is 4.79 Å². The minimum Gasteiger partial charge on any atom is -0.321 e. The maximum Gasteiger partial charge on any atom is 0.257 e. The largest absolute Gasteiger partial charge is 0.321 e. The molecule has 0 saturated heterocycles. The van der Waals surface area contributed by atoms with Crippen LogP contribution in [0, 0.1) is 0 Å². The summed E-state index contributed by atoms with van der Waals surface area (Å²) in [5.41, 5.74) is 2.37. The van der Waals surface area contributed by atoms with Crippen LogP contribution in [-0.4, -0.2) is 15.9 Å². The number of halogens is 2. The fourth-order valence-electron chi connectivity index (χ4n) is 1.96. The third-order valence-corrected chi connectivity index (χ3v) is 3.81. The van der Waals surface area contributed by atoms with E-state index in [-0.39, 0.29) is 5.91 Å². The SMILES string of the molecule is O=C(Nc1ccc(Cl)cc1Br)c1cccc2nccnc12. The zero-order valence-electron chi connectivity index (χ0n) is 10.7. The molecule has 2 aromatic carbocycles. The molecule has 3 aromatic rings. The summed E-state index contributed by atoms with van der Waals surface area (Å²) in [5, 5.41) is 3.43. The van der Waals surface area contributed by atoms with Crippen LogP contribution in [0.15, 0.2) is 53.3 Å². The highest BCUT2D eigenvalue weighted by atomic mass is 79.9. The van der Waals surface area contributed by atoms with Crippen molar-refractivity contribution in [2.75, 3.05) is 5.32 Å². The van der Waals surface area contributed by atoms with Crippen LogP contribution >= 0.6 is 27.5 Å². The van der Waals surface area contributed by atoms with Crippen LogP contribution < -0.4 is 5.32 Å². The molecule has 1 aromatic heterocycles. The monoisotopic (exact) mass is 361 g/mol. The van der Waals surface area contributed by atoms with Crippen molar-refractivity contribution in [3.63, 3.8) is 0 Å². The van der Waals surface area contributed by atoms with Gasteiger partial charge in [-0.3, -0.25) is 14.8 Å². The first-order valence-electron chi connectivity index (χ1n) is 6.11. The highest BCUT2D eigenvalue weighted by molar-refractivity contribution is 9.10. The summed E-state index contributed by atoms with van der Waals surface area (Å²) in [6, 6.07) is 10.5. The van der Waals surface area contributed by atoms with Gasteiger partial charge in [0, 0.05) is 21.9 Å². The van der Waals surface area contributed by atoms with Crippen LogP contribution in [0.1, 0.15) is 10.4 Å². The minimum atomic E-state index is -0.246.